The number of hydrogen-bond acceptors (Lipinski definition) is 7. The Hall–Kier alpha value is -2.48. The van der Waals surface area contributed by atoms with Crippen molar-refractivity contribution < 1.29 is 8.94 Å². The molecule has 8 heteroatoms. The number of hydrogen-bond donors (Lipinski definition) is 1. The quantitative estimate of drug-likeness (QED) is 0.686. The maximum Gasteiger partial charge on any atom is 0.421 e. The molecule has 3 heterocycles. The van der Waals surface area contributed by atoms with Crippen LogP contribution in [-0.2, 0) is 13.1 Å². The molecule has 3 rings (SSSR count). The van der Waals surface area contributed by atoms with E-state index >= 15 is 0 Å². The maximum absolute atomic E-state index is 11.7. The van der Waals surface area contributed by atoms with Crippen LogP contribution < -0.4 is 11.5 Å². The molecule has 0 amide bonds. The number of oxazole rings is 1. The summed E-state index contributed by atoms with van der Waals surface area (Å²) < 4.78 is 11.2. The molecule has 0 saturated carbocycles. The molecular weight excluding hydrogens is 238 g/mol. The topological polar surface area (TPSA) is 113 Å². The number of rotatable bonds is 3. The molecule has 0 bridgehead atoms. The third kappa shape index (κ3) is 1.68. The SMILES string of the molecule is NCc1nc(Cn2c(=O)oc3cccnc32)no1. The minimum absolute atomic E-state index is 0.131. The normalized spacial score (nSPS) is 11.2. The van der Waals surface area contributed by atoms with Crippen molar-refractivity contribution in [1.82, 2.24) is 19.7 Å². The summed E-state index contributed by atoms with van der Waals surface area (Å²) in [6.07, 6.45) is 1.58. The van der Waals surface area contributed by atoms with Crippen LogP contribution >= 0.6 is 0 Å². The summed E-state index contributed by atoms with van der Waals surface area (Å²) in [4.78, 5) is 19.8. The van der Waals surface area contributed by atoms with Gasteiger partial charge in [0.05, 0.1) is 13.1 Å². The number of nitrogens with two attached hydrogens (primary N) is 1. The second-order valence-electron chi connectivity index (χ2n) is 3.59. The van der Waals surface area contributed by atoms with Crippen molar-refractivity contribution in [2.24, 2.45) is 5.73 Å². The highest BCUT2D eigenvalue weighted by molar-refractivity contribution is 5.67. The van der Waals surface area contributed by atoms with Crippen LogP contribution in [0.5, 0.6) is 0 Å². The van der Waals surface area contributed by atoms with E-state index in [4.69, 9.17) is 14.7 Å². The van der Waals surface area contributed by atoms with Crippen LogP contribution in [0.4, 0.5) is 0 Å². The van der Waals surface area contributed by atoms with Crippen LogP contribution in [0, 0.1) is 0 Å². The third-order valence-corrected chi connectivity index (χ3v) is 2.41. The third-order valence-electron chi connectivity index (χ3n) is 2.41. The zero-order chi connectivity index (χ0) is 12.5. The largest absolute Gasteiger partial charge is 0.421 e. The first-order valence-corrected chi connectivity index (χ1v) is 5.24. The molecule has 0 atom stereocenters. The maximum atomic E-state index is 11.7. The molecule has 0 fully saturated rings. The van der Waals surface area contributed by atoms with Crippen molar-refractivity contribution >= 4 is 11.2 Å². The van der Waals surface area contributed by atoms with E-state index in [0.29, 0.717) is 22.9 Å². The second kappa shape index (κ2) is 4.08. The Morgan fingerprint density at radius 2 is 2.33 bits per heavy atom. The molecule has 92 valence electrons. The molecule has 0 saturated heterocycles. The molecule has 8 nitrogen and oxygen atoms in total. The minimum atomic E-state index is -0.511. The van der Waals surface area contributed by atoms with Crippen LogP contribution in [0.25, 0.3) is 11.2 Å². The summed E-state index contributed by atoms with van der Waals surface area (Å²) in [6, 6.07) is 3.36. The van der Waals surface area contributed by atoms with Gasteiger partial charge in [-0.15, -0.1) is 0 Å². The summed E-state index contributed by atoms with van der Waals surface area (Å²) in [6.45, 7) is 0.290. The van der Waals surface area contributed by atoms with Crippen molar-refractivity contribution in [1.29, 1.82) is 0 Å². The summed E-state index contributed by atoms with van der Waals surface area (Å²) in [5, 5.41) is 3.71. The van der Waals surface area contributed by atoms with E-state index in [-0.39, 0.29) is 13.1 Å². The van der Waals surface area contributed by atoms with Gasteiger partial charge in [-0.05, 0) is 12.1 Å². The fraction of sp³-hybridized carbons (Fsp3) is 0.200. The predicted octanol–water partition coefficient (Wildman–Crippen LogP) is -0.121. The molecule has 2 N–H and O–H groups in total. The molecule has 18 heavy (non-hydrogen) atoms. The second-order valence-corrected chi connectivity index (χ2v) is 3.59. The van der Waals surface area contributed by atoms with Crippen molar-refractivity contribution in [3.8, 4) is 0 Å². The van der Waals surface area contributed by atoms with Gasteiger partial charge in [0.2, 0.25) is 5.89 Å². The molecule has 3 aromatic heterocycles. The zero-order valence-electron chi connectivity index (χ0n) is 9.24. The smallest absolute Gasteiger partial charge is 0.406 e. The lowest BCUT2D eigenvalue weighted by molar-refractivity contribution is 0.373. The van der Waals surface area contributed by atoms with Crippen LogP contribution in [0.15, 0.2) is 32.1 Å². The molecule has 0 aromatic carbocycles. The molecule has 0 radical (unpaired) electrons. The molecule has 0 spiro atoms. The fourth-order valence-electron chi connectivity index (χ4n) is 1.62. The lowest BCUT2D eigenvalue weighted by Gasteiger charge is -1.95. The highest BCUT2D eigenvalue weighted by Crippen LogP contribution is 2.09. The van der Waals surface area contributed by atoms with E-state index in [1.165, 1.54) is 4.57 Å². The fourth-order valence-corrected chi connectivity index (χ4v) is 1.62. The summed E-state index contributed by atoms with van der Waals surface area (Å²) in [5.41, 5.74) is 6.23. The standard InChI is InChI=1S/C10H9N5O3/c11-4-8-13-7(14-18-8)5-15-9-6(17-10(15)16)2-1-3-12-9/h1-3H,4-5,11H2. The van der Waals surface area contributed by atoms with Gasteiger partial charge in [-0.3, -0.25) is 4.57 Å². The number of pyridine rings is 1. The van der Waals surface area contributed by atoms with E-state index in [0.717, 1.165) is 0 Å². The Balaban J connectivity index is 2.04. The van der Waals surface area contributed by atoms with Crippen molar-refractivity contribution in [2.75, 3.05) is 0 Å². The Morgan fingerprint density at radius 1 is 1.44 bits per heavy atom. The van der Waals surface area contributed by atoms with E-state index in [2.05, 4.69) is 15.1 Å². The highest BCUT2D eigenvalue weighted by Gasteiger charge is 2.13. The molecule has 0 aliphatic carbocycles. The van der Waals surface area contributed by atoms with Gasteiger partial charge in [0.25, 0.3) is 0 Å². The highest BCUT2D eigenvalue weighted by atomic mass is 16.5. The average molecular weight is 247 g/mol. The van der Waals surface area contributed by atoms with Gasteiger partial charge < -0.3 is 14.7 Å². The lowest BCUT2D eigenvalue weighted by Crippen LogP contribution is -2.16. The Morgan fingerprint density at radius 3 is 3.11 bits per heavy atom. The van der Waals surface area contributed by atoms with Gasteiger partial charge in [0, 0.05) is 6.20 Å². The average Bonchev–Trinajstić information content (AvgIpc) is 2.96. The van der Waals surface area contributed by atoms with Gasteiger partial charge in [0.15, 0.2) is 17.1 Å². The number of nitrogens with zero attached hydrogens (tertiary/aromatic N) is 4. The monoisotopic (exact) mass is 247 g/mol. The van der Waals surface area contributed by atoms with Crippen LogP contribution in [0.1, 0.15) is 11.7 Å². The molecule has 0 aliphatic heterocycles. The predicted molar refractivity (Wildman–Crippen MR) is 59.6 cm³/mol. The van der Waals surface area contributed by atoms with Gasteiger partial charge in [-0.2, -0.15) is 4.98 Å². The number of fused-ring (bicyclic) bond motifs is 1. The molecule has 0 aliphatic rings. The Kier molecular flexibility index (Phi) is 2.41. The van der Waals surface area contributed by atoms with E-state index in [9.17, 15) is 4.79 Å². The van der Waals surface area contributed by atoms with E-state index < -0.39 is 5.76 Å². The first-order chi connectivity index (χ1) is 8.78. The summed E-state index contributed by atoms with van der Waals surface area (Å²) in [7, 11) is 0. The van der Waals surface area contributed by atoms with Crippen LogP contribution in [0.3, 0.4) is 0 Å². The van der Waals surface area contributed by atoms with E-state index in [1.807, 2.05) is 0 Å². The van der Waals surface area contributed by atoms with Crippen molar-refractivity contribution in [3.05, 3.63) is 40.6 Å². The van der Waals surface area contributed by atoms with Crippen LogP contribution in [-0.4, -0.2) is 19.7 Å². The van der Waals surface area contributed by atoms with E-state index in [1.54, 1.807) is 18.3 Å². The Labute approximate surface area is 100 Å². The van der Waals surface area contributed by atoms with Crippen LogP contribution in [0.2, 0.25) is 0 Å². The molecule has 0 unspecified atom stereocenters. The zero-order valence-corrected chi connectivity index (χ0v) is 9.24. The lowest BCUT2D eigenvalue weighted by atomic mass is 10.4. The first kappa shape index (κ1) is 10.7. The summed E-state index contributed by atoms with van der Waals surface area (Å²) >= 11 is 0. The molecular formula is C10H9N5O3. The number of aromatic nitrogens is 4. The van der Waals surface area contributed by atoms with Gasteiger partial charge in [-0.25, -0.2) is 9.78 Å². The van der Waals surface area contributed by atoms with Gasteiger partial charge in [-0.1, -0.05) is 5.16 Å². The van der Waals surface area contributed by atoms with Gasteiger partial charge in [0.1, 0.15) is 0 Å². The minimum Gasteiger partial charge on any atom is -0.406 e. The van der Waals surface area contributed by atoms with Crippen molar-refractivity contribution in [2.45, 2.75) is 13.1 Å². The first-order valence-electron chi connectivity index (χ1n) is 5.24. The molecule has 3 aromatic rings. The Bertz CT molecular complexity index is 741. The van der Waals surface area contributed by atoms with Gasteiger partial charge >= 0.3 is 5.76 Å². The summed E-state index contributed by atoms with van der Waals surface area (Å²) in [5.74, 6) is 0.160. The van der Waals surface area contributed by atoms with Crippen molar-refractivity contribution in [3.63, 3.8) is 0 Å².